The van der Waals surface area contributed by atoms with Gasteiger partial charge in [0.25, 0.3) is 0 Å². The van der Waals surface area contributed by atoms with E-state index in [2.05, 4.69) is 27.7 Å². The predicted molar refractivity (Wildman–Crippen MR) is 67.4 cm³/mol. The van der Waals surface area contributed by atoms with E-state index in [0.717, 1.165) is 17.9 Å². The number of fused-ring (bicyclic) bond motifs is 1. The fourth-order valence-electron chi connectivity index (χ4n) is 1.91. The molecule has 90 valence electrons. The lowest BCUT2D eigenvalue weighted by Gasteiger charge is -2.24. The van der Waals surface area contributed by atoms with Gasteiger partial charge in [0.1, 0.15) is 12.2 Å². The second-order valence-electron chi connectivity index (χ2n) is 5.14. The third-order valence-corrected chi connectivity index (χ3v) is 3.80. The quantitative estimate of drug-likeness (QED) is 0.779. The second kappa shape index (κ2) is 4.66. The van der Waals surface area contributed by atoms with Crippen molar-refractivity contribution < 1.29 is 9.47 Å². The van der Waals surface area contributed by atoms with E-state index in [9.17, 15) is 0 Å². The van der Waals surface area contributed by atoms with Crippen LogP contribution in [0.5, 0.6) is 11.5 Å². The molecule has 2 unspecified atom stereocenters. The maximum absolute atomic E-state index is 6.02. The number of ether oxygens (including phenoxy) is 2. The first kappa shape index (κ1) is 11.8. The molecule has 0 saturated heterocycles. The summed E-state index contributed by atoms with van der Waals surface area (Å²) in [6, 6.07) is 0. The number of thiophene rings is 1. The van der Waals surface area contributed by atoms with Gasteiger partial charge in [-0.2, -0.15) is 0 Å². The molecular formula is C13H20O2S. The molecule has 1 aromatic heterocycles. The van der Waals surface area contributed by atoms with Gasteiger partial charge in [0.05, 0.1) is 0 Å². The zero-order chi connectivity index (χ0) is 11.7. The summed E-state index contributed by atoms with van der Waals surface area (Å²) in [5.41, 5.74) is 0. The van der Waals surface area contributed by atoms with Gasteiger partial charge in [-0.15, -0.1) is 11.3 Å². The molecule has 1 aliphatic heterocycles. The van der Waals surface area contributed by atoms with Gasteiger partial charge in [-0.3, -0.25) is 0 Å². The molecule has 0 N–H and O–H groups in total. The minimum absolute atomic E-state index is 0.267. The molecule has 0 aromatic carbocycles. The highest BCUT2D eigenvalue weighted by Crippen LogP contribution is 2.38. The molecule has 0 spiro atoms. The first-order chi connectivity index (χ1) is 7.58. The van der Waals surface area contributed by atoms with Crippen molar-refractivity contribution in [3.05, 3.63) is 10.8 Å². The molecular weight excluding hydrogens is 220 g/mol. The molecule has 0 fully saturated rings. The zero-order valence-corrected chi connectivity index (χ0v) is 11.2. The topological polar surface area (TPSA) is 18.5 Å². The molecule has 2 heterocycles. The Morgan fingerprint density at radius 1 is 1.00 bits per heavy atom. The van der Waals surface area contributed by atoms with Crippen molar-refractivity contribution in [2.24, 2.45) is 11.8 Å². The highest BCUT2D eigenvalue weighted by molar-refractivity contribution is 7.08. The van der Waals surface area contributed by atoms with E-state index in [1.807, 2.05) is 10.8 Å². The van der Waals surface area contributed by atoms with Gasteiger partial charge < -0.3 is 9.47 Å². The molecule has 2 nitrogen and oxygen atoms in total. The van der Waals surface area contributed by atoms with Crippen LogP contribution in [0, 0.1) is 11.8 Å². The summed E-state index contributed by atoms with van der Waals surface area (Å²) in [6.45, 7) is 8.83. The third-order valence-electron chi connectivity index (χ3n) is 3.10. The van der Waals surface area contributed by atoms with Crippen LogP contribution in [-0.2, 0) is 0 Å². The first-order valence-electron chi connectivity index (χ1n) is 5.97. The van der Waals surface area contributed by atoms with Crippen LogP contribution in [0.15, 0.2) is 10.8 Å². The van der Waals surface area contributed by atoms with Crippen LogP contribution in [0.1, 0.15) is 34.1 Å². The zero-order valence-electron chi connectivity index (χ0n) is 10.4. The van der Waals surface area contributed by atoms with Gasteiger partial charge in [0.2, 0.25) is 0 Å². The summed E-state index contributed by atoms with van der Waals surface area (Å²) in [7, 11) is 0. The van der Waals surface area contributed by atoms with Gasteiger partial charge >= 0.3 is 0 Å². The Morgan fingerprint density at radius 2 is 1.44 bits per heavy atom. The van der Waals surface area contributed by atoms with Gasteiger partial charge in [0, 0.05) is 17.2 Å². The molecule has 3 heteroatoms. The van der Waals surface area contributed by atoms with Crippen molar-refractivity contribution in [2.75, 3.05) is 0 Å². The Morgan fingerprint density at radius 3 is 1.81 bits per heavy atom. The summed E-state index contributed by atoms with van der Waals surface area (Å²) >= 11 is 1.64. The molecule has 0 aliphatic carbocycles. The molecule has 0 saturated carbocycles. The van der Waals surface area contributed by atoms with Crippen LogP contribution in [0.25, 0.3) is 0 Å². The van der Waals surface area contributed by atoms with Gasteiger partial charge in [-0.25, -0.2) is 0 Å². The molecule has 16 heavy (non-hydrogen) atoms. The van der Waals surface area contributed by atoms with Crippen LogP contribution in [0.4, 0.5) is 0 Å². The van der Waals surface area contributed by atoms with E-state index in [1.54, 1.807) is 11.3 Å². The smallest absolute Gasteiger partial charge is 0.172 e. The van der Waals surface area contributed by atoms with E-state index >= 15 is 0 Å². The summed E-state index contributed by atoms with van der Waals surface area (Å²) in [5, 5.41) is 4.07. The van der Waals surface area contributed by atoms with Crippen LogP contribution >= 0.6 is 11.3 Å². The monoisotopic (exact) mass is 240 g/mol. The van der Waals surface area contributed by atoms with Crippen LogP contribution in [0.2, 0.25) is 0 Å². The Kier molecular flexibility index (Phi) is 3.43. The lowest BCUT2D eigenvalue weighted by molar-refractivity contribution is 0.0889. The maximum atomic E-state index is 6.02. The number of rotatable bonds is 2. The SMILES string of the molecule is CC(C)C1CC(C(C)C)Oc2cscc2O1. The average Bonchev–Trinajstić information content (AvgIpc) is 2.55. The summed E-state index contributed by atoms with van der Waals surface area (Å²) < 4.78 is 12.0. The van der Waals surface area contributed by atoms with E-state index in [0.29, 0.717) is 11.8 Å². The standard InChI is InChI=1S/C13H20O2S/c1-8(2)10-5-11(9(3)4)15-13-7-16-6-12(13)14-10/h6-11H,5H2,1-4H3. The van der Waals surface area contributed by atoms with Crippen LogP contribution in [-0.4, -0.2) is 12.2 Å². The molecule has 0 radical (unpaired) electrons. The number of hydrogen-bond acceptors (Lipinski definition) is 3. The molecule has 1 aliphatic rings. The van der Waals surface area contributed by atoms with Crippen molar-refractivity contribution in [3.8, 4) is 11.5 Å². The Balaban J connectivity index is 2.23. The summed E-state index contributed by atoms with van der Waals surface area (Å²) in [4.78, 5) is 0. The first-order valence-corrected chi connectivity index (χ1v) is 6.91. The average molecular weight is 240 g/mol. The lowest BCUT2D eigenvalue weighted by Crippen LogP contribution is -2.31. The maximum Gasteiger partial charge on any atom is 0.172 e. The minimum Gasteiger partial charge on any atom is -0.485 e. The van der Waals surface area contributed by atoms with Crippen molar-refractivity contribution in [2.45, 2.75) is 46.3 Å². The molecule has 0 amide bonds. The van der Waals surface area contributed by atoms with Gasteiger partial charge in [-0.05, 0) is 11.8 Å². The largest absolute Gasteiger partial charge is 0.485 e. The lowest BCUT2D eigenvalue weighted by atomic mass is 9.95. The Bertz CT molecular complexity index is 313. The van der Waals surface area contributed by atoms with Gasteiger partial charge in [0.15, 0.2) is 11.5 Å². The fraction of sp³-hybridized carbons (Fsp3) is 0.692. The normalized spacial score (nSPS) is 24.9. The van der Waals surface area contributed by atoms with Gasteiger partial charge in [-0.1, -0.05) is 27.7 Å². The van der Waals surface area contributed by atoms with Crippen molar-refractivity contribution >= 4 is 11.3 Å². The molecule has 2 atom stereocenters. The van der Waals surface area contributed by atoms with Crippen LogP contribution in [0.3, 0.4) is 0 Å². The van der Waals surface area contributed by atoms with Crippen LogP contribution < -0.4 is 9.47 Å². The third kappa shape index (κ3) is 2.34. The van der Waals surface area contributed by atoms with E-state index in [1.165, 1.54) is 0 Å². The van der Waals surface area contributed by atoms with E-state index < -0.39 is 0 Å². The fourth-order valence-corrected chi connectivity index (χ4v) is 2.57. The number of hydrogen-bond donors (Lipinski definition) is 0. The molecule has 1 aromatic rings. The minimum atomic E-state index is 0.267. The Hall–Kier alpha value is -0.700. The van der Waals surface area contributed by atoms with E-state index in [4.69, 9.17) is 9.47 Å². The highest BCUT2D eigenvalue weighted by Gasteiger charge is 2.29. The van der Waals surface area contributed by atoms with Crippen molar-refractivity contribution in [3.63, 3.8) is 0 Å². The summed E-state index contributed by atoms with van der Waals surface area (Å²) in [5.74, 6) is 2.89. The molecule has 2 rings (SSSR count). The Labute approximate surface area is 102 Å². The van der Waals surface area contributed by atoms with Crippen molar-refractivity contribution in [1.29, 1.82) is 0 Å². The predicted octanol–water partition coefficient (Wildman–Crippen LogP) is 3.96. The highest BCUT2D eigenvalue weighted by atomic mass is 32.1. The molecule has 0 bridgehead atoms. The summed E-state index contributed by atoms with van der Waals surface area (Å²) in [6.07, 6.45) is 1.51. The van der Waals surface area contributed by atoms with E-state index in [-0.39, 0.29) is 12.2 Å². The second-order valence-corrected chi connectivity index (χ2v) is 5.88. The van der Waals surface area contributed by atoms with Crippen molar-refractivity contribution in [1.82, 2.24) is 0 Å².